The Morgan fingerprint density at radius 3 is 2.37 bits per heavy atom. The molecule has 0 aliphatic rings. The second-order valence-electron chi connectivity index (χ2n) is 9.60. The molecule has 2 aromatic heterocycles. The van der Waals surface area contributed by atoms with Crippen LogP contribution in [0.15, 0.2) is 47.0 Å². The first-order valence-corrected chi connectivity index (χ1v) is 14.0. The van der Waals surface area contributed by atoms with Crippen LogP contribution in [0.3, 0.4) is 0 Å². The van der Waals surface area contributed by atoms with Crippen molar-refractivity contribution in [3.8, 4) is 17.3 Å². The lowest BCUT2D eigenvalue weighted by molar-refractivity contribution is -0.659. The quantitative estimate of drug-likeness (QED) is 0.309. The number of aryl methyl sites for hydroxylation is 2. The summed E-state index contributed by atoms with van der Waals surface area (Å²) in [6.45, 7) is 13.9. The van der Waals surface area contributed by atoms with Crippen LogP contribution in [0.2, 0.25) is 19.6 Å². The van der Waals surface area contributed by atoms with E-state index in [1.54, 1.807) is 0 Å². The van der Waals surface area contributed by atoms with Gasteiger partial charge < -0.3 is 4.42 Å². The predicted octanol–water partition coefficient (Wildman–Crippen LogP) is 5.93. The third-order valence-electron chi connectivity index (χ3n) is 5.97. The summed E-state index contributed by atoms with van der Waals surface area (Å²) in [5.74, 6) is 0.458. The number of fused-ring (bicyclic) bond motifs is 3. The summed E-state index contributed by atoms with van der Waals surface area (Å²) in [5.41, 5.74) is 7.20. The minimum Gasteiger partial charge on any atom is -0.455 e. The van der Waals surface area contributed by atoms with Gasteiger partial charge in [-0.3, -0.25) is 0 Å². The Hall–Kier alpha value is -2.90. The maximum absolute atomic E-state index is 9.27. The van der Waals surface area contributed by atoms with Gasteiger partial charge in [-0.15, -0.1) is 0 Å². The zero-order valence-electron chi connectivity index (χ0n) is 18.9. The number of benzene rings is 2. The van der Waals surface area contributed by atoms with Crippen molar-refractivity contribution in [2.24, 2.45) is 7.05 Å². The maximum Gasteiger partial charge on any atom is 0.216 e. The summed E-state index contributed by atoms with van der Waals surface area (Å²) in [6.07, 6.45) is 2.34. The number of hydrogen-bond donors (Lipinski definition) is 0. The Balaban J connectivity index is 2.07. The Morgan fingerprint density at radius 2 is 1.73 bits per heavy atom. The van der Waals surface area contributed by atoms with Crippen LogP contribution in [0, 0.1) is 18.3 Å². The van der Waals surface area contributed by atoms with Crippen LogP contribution in [0.1, 0.15) is 36.5 Å². The van der Waals surface area contributed by atoms with Crippen molar-refractivity contribution in [3.05, 3.63) is 59.3 Å². The van der Waals surface area contributed by atoms with Gasteiger partial charge in [0.15, 0.2) is 6.20 Å². The molecule has 0 N–H and O–H groups in total. The first-order valence-electron chi connectivity index (χ1n) is 10.5. The van der Waals surface area contributed by atoms with Gasteiger partial charge in [0, 0.05) is 22.0 Å². The van der Waals surface area contributed by atoms with Gasteiger partial charge in [0.1, 0.15) is 18.2 Å². The molecule has 0 unspecified atom stereocenters. The van der Waals surface area contributed by atoms with Gasteiger partial charge in [0.2, 0.25) is 5.69 Å². The topological polar surface area (TPSA) is 40.8 Å². The first kappa shape index (κ1) is 20.4. The van der Waals surface area contributed by atoms with E-state index in [0.29, 0.717) is 11.5 Å². The minimum atomic E-state index is -1.48. The van der Waals surface area contributed by atoms with Gasteiger partial charge in [0.05, 0.1) is 25.3 Å². The van der Waals surface area contributed by atoms with E-state index in [4.69, 9.17) is 4.42 Å². The zero-order chi connectivity index (χ0) is 21.8. The number of pyridine rings is 1. The number of rotatable bonds is 3. The van der Waals surface area contributed by atoms with Crippen LogP contribution in [0.4, 0.5) is 0 Å². The Bertz CT molecular complexity index is 1330. The van der Waals surface area contributed by atoms with Gasteiger partial charge in [-0.2, -0.15) is 5.26 Å². The number of aromatic nitrogens is 1. The fraction of sp³-hybridized carbons (Fsp3) is 0.308. The molecular formula is C26H29N2OSi+. The highest BCUT2D eigenvalue weighted by atomic mass is 28.3. The van der Waals surface area contributed by atoms with Gasteiger partial charge >= 0.3 is 0 Å². The normalized spacial score (nSPS) is 12.1. The molecule has 0 saturated carbocycles. The van der Waals surface area contributed by atoms with Crippen LogP contribution in [0.5, 0.6) is 0 Å². The van der Waals surface area contributed by atoms with Crippen molar-refractivity contribution in [3.63, 3.8) is 0 Å². The highest BCUT2D eigenvalue weighted by Crippen LogP contribution is 2.37. The molecule has 4 aromatic rings. The molecule has 4 rings (SSSR count). The van der Waals surface area contributed by atoms with Crippen molar-refractivity contribution >= 4 is 35.2 Å². The van der Waals surface area contributed by atoms with Crippen molar-refractivity contribution < 1.29 is 8.98 Å². The van der Waals surface area contributed by atoms with Crippen LogP contribution in [-0.2, 0) is 7.05 Å². The van der Waals surface area contributed by atoms with E-state index in [-0.39, 0.29) is 0 Å². The van der Waals surface area contributed by atoms with E-state index in [1.165, 1.54) is 22.0 Å². The zero-order valence-corrected chi connectivity index (χ0v) is 19.9. The van der Waals surface area contributed by atoms with E-state index in [9.17, 15) is 5.26 Å². The van der Waals surface area contributed by atoms with Crippen molar-refractivity contribution in [1.29, 1.82) is 5.26 Å². The molecule has 0 aliphatic heterocycles. The summed E-state index contributed by atoms with van der Waals surface area (Å²) >= 11 is 0. The lowest BCUT2D eigenvalue weighted by Crippen LogP contribution is -2.47. The molecule has 4 heteroatoms. The molecule has 0 spiro atoms. The van der Waals surface area contributed by atoms with E-state index >= 15 is 0 Å². The van der Waals surface area contributed by atoms with E-state index in [2.05, 4.69) is 82.5 Å². The monoisotopic (exact) mass is 413 g/mol. The largest absolute Gasteiger partial charge is 0.455 e. The van der Waals surface area contributed by atoms with E-state index < -0.39 is 8.07 Å². The molecule has 0 atom stereocenters. The average molecular weight is 414 g/mol. The van der Waals surface area contributed by atoms with Crippen LogP contribution in [-0.4, -0.2) is 8.07 Å². The molecule has 0 fully saturated rings. The molecule has 0 saturated heterocycles. The highest BCUT2D eigenvalue weighted by Gasteiger charge is 2.29. The number of nitrogens with zero attached hydrogens (tertiary/aromatic N) is 2. The summed E-state index contributed by atoms with van der Waals surface area (Å²) in [5, 5.41) is 12.9. The van der Waals surface area contributed by atoms with E-state index in [1.807, 2.05) is 18.2 Å². The number of nitriles is 1. The van der Waals surface area contributed by atoms with Crippen molar-refractivity contribution in [2.45, 2.75) is 46.3 Å². The first-order chi connectivity index (χ1) is 14.1. The fourth-order valence-corrected chi connectivity index (χ4v) is 6.15. The molecule has 2 aromatic carbocycles. The summed E-state index contributed by atoms with van der Waals surface area (Å²) < 4.78 is 8.62. The van der Waals surface area contributed by atoms with E-state index in [0.717, 1.165) is 27.5 Å². The molecule has 3 nitrogen and oxygen atoms in total. The summed E-state index contributed by atoms with van der Waals surface area (Å²) in [6, 6.07) is 14.6. The maximum atomic E-state index is 9.27. The molecule has 0 radical (unpaired) electrons. The molecule has 0 amide bonds. The predicted molar refractivity (Wildman–Crippen MR) is 127 cm³/mol. The fourth-order valence-electron chi connectivity index (χ4n) is 4.34. The SMILES string of the molecule is Cc1ccc2c(oc3cc(C#N)ccc32)c1-c1cc(C(C)C)c([Si](C)(C)C)c[n+]1C. The molecule has 2 heterocycles. The third kappa shape index (κ3) is 3.24. The molecular weight excluding hydrogens is 384 g/mol. The molecule has 0 bridgehead atoms. The number of furan rings is 1. The van der Waals surface area contributed by atoms with Gasteiger partial charge in [0.25, 0.3) is 0 Å². The molecule has 0 aliphatic carbocycles. The summed E-state index contributed by atoms with van der Waals surface area (Å²) in [7, 11) is 0.662. The van der Waals surface area contributed by atoms with Crippen LogP contribution in [0.25, 0.3) is 33.2 Å². The van der Waals surface area contributed by atoms with Gasteiger partial charge in [-0.1, -0.05) is 45.6 Å². The minimum absolute atomic E-state index is 0.458. The van der Waals surface area contributed by atoms with Gasteiger partial charge in [-0.05, 0) is 42.2 Å². The van der Waals surface area contributed by atoms with Crippen molar-refractivity contribution in [1.82, 2.24) is 0 Å². The van der Waals surface area contributed by atoms with Crippen LogP contribution >= 0.6 is 0 Å². The Morgan fingerprint density at radius 1 is 1.03 bits per heavy atom. The second kappa shape index (κ2) is 7.11. The van der Waals surface area contributed by atoms with Gasteiger partial charge in [-0.25, -0.2) is 4.57 Å². The standard InChI is InChI=1S/C26H29N2OSi/c1-16(2)21-13-22(28(4)15-24(21)30(5,6)7)25-17(3)8-10-20-19-11-9-18(14-27)12-23(19)29-26(20)25/h8-13,15-16H,1-7H3/q+1. The average Bonchev–Trinajstić information content (AvgIpc) is 3.04. The lowest BCUT2D eigenvalue weighted by atomic mass is 9.97. The third-order valence-corrected chi connectivity index (χ3v) is 8.00. The second-order valence-corrected chi connectivity index (χ2v) is 14.6. The Kier molecular flexibility index (Phi) is 4.83. The number of hydrogen-bond acceptors (Lipinski definition) is 2. The molecule has 152 valence electrons. The summed E-state index contributed by atoms with van der Waals surface area (Å²) in [4.78, 5) is 0. The van der Waals surface area contributed by atoms with Crippen molar-refractivity contribution in [2.75, 3.05) is 0 Å². The smallest absolute Gasteiger partial charge is 0.216 e. The Labute approximate surface area is 179 Å². The molecule has 30 heavy (non-hydrogen) atoms. The highest BCUT2D eigenvalue weighted by molar-refractivity contribution is 6.89. The lowest BCUT2D eigenvalue weighted by Gasteiger charge is -2.22. The van der Waals surface area contributed by atoms with Crippen LogP contribution < -0.4 is 9.75 Å².